The zero-order valence-electron chi connectivity index (χ0n) is 12.2. The number of nitrogens with zero attached hydrogens (tertiary/aromatic N) is 2. The van der Waals surface area contributed by atoms with Gasteiger partial charge in [-0.05, 0) is 39.2 Å². The van der Waals surface area contributed by atoms with Crippen LogP contribution in [0.5, 0.6) is 0 Å². The van der Waals surface area contributed by atoms with Crippen LogP contribution in [0.1, 0.15) is 64.1 Å². The van der Waals surface area contributed by atoms with Crippen molar-refractivity contribution in [1.29, 1.82) is 0 Å². The van der Waals surface area contributed by atoms with Crippen LogP contribution < -0.4 is 5.32 Å². The Morgan fingerprint density at radius 1 is 1.37 bits per heavy atom. The van der Waals surface area contributed by atoms with E-state index in [0.717, 1.165) is 38.2 Å². The van der Waals surface area contributed by atoms with Crippen LogP contribution in [0.25, 0.3) is 0 Å². The van der Waals surface area contributed by atoms with Gasteiger partial charge in [0.15, 0.2) is 0 Å². The summed E-state index contributed by atoms with van der Waals surface area (Å²) in [6.45, 7) is 8.91. The molecule has 0 unspecified atom stereocenters. The third-order valence-corrected chi connectivity index (χ3v) is 4.06. The summed E-state index contributed by atoms with van der Waals surface area (Å²) in [5.74, 6) is 1.82. The van der Waals surface area contributed by atoms with E-state index >= 15 is 0 Å². The summed E-state index contributed by atoms with van der Waals surface area (Å²) in [7, 11) is 0. The second-order valence-corrected chi connectivity index (χ2v) is 5.13. The second kappa shape index (κ2) is 6.48. The standard InChI is InChI=1S/C14H25N3O2/c1-4-14(5-2,18-6-3)13-16-12(19-17-13)11-8-7-9-15-10-11/h11,15H,4-10H2,1-3H3/t11-/m0/s1. The van der Waals surface area contributed by atoms with Crippen LogP contribution in [0.15, 0.2) is 4.52 Å². The van der Waals surface area contributed by atoms with Crippen molar-refractivity contribution in [2.75, 3.05) is 19.7 Å². The number of piperidine rings is 1. The van der Waals surface area contributed by atoms with E-state index in [2.05, 4.69) is 29.3 Å². The summed E-state index contributed by atoms with van der Waals surface area (Å²) >= 11 is 0. The molecule has 1 saturated heterocycles. The van der Waals surface area contributed by atoms with Gasteiger partial charge >= 0.3 is 0 Å². The van der Waals surface area contributed by atoms with Crippen LogP contribution in [-0.4, -0.2) is 29.8 Å². The van der Waals surface area contributed by atoms with Crippen molar-refractivity contribution in [3.05, 3.63) is 11.7 Å². The minimum absolute atomic E-state index is 0.350. The molecule has 0 spiro atoms. The lowest BCUT2D eigenvalue weighted by atomic mass is 9.95. The van der Waals surface area contributed by atoms with Crippen molar-refractivity contribution >= 4 is 0 Å². The Hall–Kier alpha value is -0.940. The summed E-state index contributed by atoms with van der Waals surface area (Å²) in [5, 5.41) is 7.56. The highest BCUT2D eigenvalue weighted by atomic mass is 16.5. The van der Waals surface area contributed by atoms with Gasteiger partial charge in [-0.25, -0.2) is 0 Å². The van der Waals surface area contributed by atoms with Crippen LogP contribution >= 0.6 is 0 Å². The molecule has 1 aliphatic heterocycles. The Balaban J connectivity index is 2.17. The van der Waals surface area contributed by atoms with Crippen LogP contribution in [-0.2, 0) is 10.3 Å². The Kier molecular flexibility index (Phi) is 4.93. The molecule has 1 atom stereocenters. The average molecular weight is 267 g/mol. The maximum absolute atomic E-state index is 5.91. The highest BCUT2D eigenvalue weighted by Gasteiger charge is 2.35. The van der Waals surface area contributed by atoms with Gasteiger partial charge < -0.3 is 14.6 Å². The molecule has 0 bridgehead atoms. The minimum Gasteiger partial charge on any atom is -0.367 e. The van der Waals surface area contributed by atoms with E-state index in [9.17, 15) is 0 Å². The molecule has 1 aromatic rings. The Morgan fingerprint density at radius 3 is 2.74 bits per heavy atom. The Bertz CT molecular complexity index is 382. The molecular formula is C14H25N3O2. The minimum atomic E-state index is -0.390. The first-order valence-corrected chi connectivity index (χ1v) is 7.44. The molecule has 0 aromatic carbocycles. The molecule has 5 nitrogen and oxygen atoms in total. The third kappa shape index (κ3) is 2.98. The van der Waals surface area contributed by atoms with Gasteiger partial charge in [0.25, 0.3) is 0 Å². The molecule has 0 saturated carbocycles. The van der Waals surface area contributed by atoms with E-state index in [-0.39, 0.29) is 0 Å². The molecular weight excluding hydrogens is 242 g/mol. The lowest BCUT2D eigenvalue weighted by Crippen LogP contribution is -2.30. The van der Waals surface area contributed by atoms with Crippen LogP contribution in [0.4, 0.5) is 0 Å². The topological polar surface area (TPSA) is 60.2 Å². The van der Waals surface area contributed by atoms with E-state index in [1.54, 1.807) is 0 Å². The predicted molar refractivity (Wildman–Crippen MR) is 73.0 cm³/mol. The summed E-state index contributed by atoms with van der Waals surface area (Å²) in [6.07, 6.45) is 4.01. The second-order valence-electron chi connectivity index (χ2n) is 5.13. The van der Waals surface area contributed by atoms with E-state index in [0.29, 0.717) is 18.3 Å². The van der Waals surface area contributed by atoms with Crippen molar-refractivity contribution in [2.45, 2.75) is 58.0 Å². The molecule has 1 N–H and O–H groups in total. The maximum Gasteiger partial charge on any atom is 0.231 e. The van der Waals surface area contributed by atoms with Crippen molar-refractivity contribution in [2.24, 2.45) is 0 Å². The number of nitrogens with one attached hydrogen (secondary N) is 1. The van der Waals surface area contributed by atoms with Gasteiger partial charge in [-0.1, -0.05) is 19.0 Å². The fraction of sp³-hybridized carbons (Fsp3) is 0.857. The molecule has 5 heteroatoms. The van der Waals surface area contributed by atoms with Crippen LogP contribution in [0.3, 0.4) is 0 Å². The first-order chi connectivity index (χ1) is 9.25. The molecule has 2 heterocycles. The van der Waals surface area contributed by atoms with Crippen LogP contribution in [0, 0.1) is 0 Å². The zero-order valence-corrected chi connectivity index (χ0v) is 12.2. The molecule has 2 rings (SSSR count). The molecule has 1 fully saturated rings. The highest BCUT2D eigenvalue weighted by Crippen LogP contribution is 2.32. The van der Waals surface area contributed by atoms with Gasteiger partial charge in [0.05, 0.1) is 5.92 Å². The van der Waals surface area contributed by atoms with E-state index in [4.69, 9.17) is 9.26 Å². The molecule has 19 heavy (non-hydrogen) atoms. The molecule has 1 aliphatic rings. The third-order valence-electron chi connectivity index (χ3n) is 4.06. The maximum atomic E-state index is 5.91. The number of hydrogen-bond acceptors (Lipinski definition) is 5. The van der Waals surface area contributed by atoms with E-state index in [1.807, 2.05) is 6.92 Å². The van der Waals surface area contributed by atoms with Gasteiger partial charge in [0, 0.05) is 13.2 Å². The SMILES string of the molecule is CCOC(CC)(CC)c1noc([C@H]2CCCNC2)n1. The van der Waals surface area contributed by atoms with Gasteiger partial charge in [-0.2, -0.15) is 4.98 Å². The van der Waals surface area contributed by atoms with Crippen molar-refractivity contribution in [3.8, 4) is 0 Å². The fourth-order valence-electron chi connectivity index (χ4n) is 2.76. The van der Waals surface area contributed by atoms with Gasteiger partial charge in [-0.3, -0.25) is 0 Å². The van der Waals surface area contributed by atoms with Crippen LogP contribution in [0.2, 0.25) is 0 Å². The molecule has 0 amide bonds. The van der Waals surface area contributed by atoms with Crippen molar-refractivity contribution < 1.29 is 9.26 Å². The first kappa shape index (κ1) is 14.5. The fourth-order valence-corrected chi connectivity index (χ4v) is 2.76. The molecule has 1 aromatic heterocycles. The summed E-state index contributed by atoms with van der Waals surface area (Å²) in [5.41, 5.74) is -0.390. The van der Waals surface area contributed by atoms with Gasteiger partial charge in [0.1, 0.15) is 5.60 Å². The summed E-state index contributed by atoms with van der Waals surface area (Å²) in [6, 6.07) is 0. The van der Waals surface area contributed by atoms with E-state index in [1.165, 1.54) is 6.42 Å². The summed E-state index contributed by atoms with van der Waals surface area (Å²) in [4.78, 5) is 4.62. The number of rotatable bonds is 6. The number of aromatic nitrogens is 2. The smallest absolute Gasteiger partial charge is 0.231 e. The van der Waals surface area contributed by atoms with Gasteiger partial charge in [0.2, 0.25) is 11.7 Å². The molecule has 108 valence electrons. The molecule has 0 radical (unpaired) electrons. The summed E-state index contributed by atoms with van der Waals surface area (Å²) < 4.78 is 11.4. The quantitative estimate of drug-likeness (QED) is 0.858. The van der Waals surface area contributed by atoms with E-state index < -0.39 is 5.60 Å². The highest BCUT2D eigenvalue weighted by molar-refractivity contribution is 5.04. The normalized spacial score (nSPS) is 20.7. The monoisotopic (exact) mass is 267 g/mol. The lowest BCUT2D eigenvalue weighted by Gasteiger charge is -2.27. The molecule has 0 aliphatic carbocycles. The predicted octanol–water partition coefficient (Wildman–Crippen LogP) is 2.59. The number of ether oxygens (including phenoxy) is 1. The van der Waals surface area contributed by atoms with Crippen molar-refractivity contribution in [1.82, 2.24) is 15.5 Å². The Morgan fingerprint density at radius 2 is 2.16 bits per heavy atom. The number of hydrogen-bond donors (Lipinski definition) is 1. The first-order valence-electron chi connectivity index (χ1n) is 7.44. The Labute approximate surface area is 115 Å². The largest absolute Gasteiger partial charge is 0.367 e. The lowest BCUT2D eigenvalue weighted by molar-refractivity contribution is -0.0583. The van der Waals surface area contributed by atoms with Gasteiger partial charge in [-0.15, -0.1) is 0 Å². The van der Waals surface area contributed by atoms with Crippen molar-refractivity contribution in [3.63, 3.8) is 0 Å². The average Bonchev–Trinajstić information content (AvgIpc) is 2.96. The zero-order chi connectivity index (χ0) is 13.7.